The van der Waals surface area contributed by atoms with Gasteiger partial charge in [0.2, 0.25) is 0 Å². The molecule has 2 N–H and O–H groups in total. The first-order chi connectivity index (χ1) is 13.3. The summed E-state index contributed by atoms with van der Waals surface area (Å²) in [5.41, 5.74) is 3.81. The number of nitrogens with one attached hydrogen (secondary N) is 2. The molecule has 1 aromatic carbocycles. The van der Waals surface area contributed by atoms with Crippen LogP contribution in [0.15, 0.2) is 30.6 Å². The summed E-state index contributed by atoms with van der Waals surface area (Å²) in [7, 11) is 1.71. The van der Waals surface area contributed by atoms with E-state index < -0.39 is 0 Å². The first kappa shape index (κ1) is 17.9. The molecule has 2 aliphatic rings. The lowest BCUT2D eigenvalue weighted by molar-refractivity contribution is 0.151. The topological polar surface area (TPSA) is 70.2 Å². The highest BCUT2D eigenvalue weighted by molar-refractivity contribution is 5.75. The van der Waals surface area contributed by atoms with Crippen molar-refractivity contribution < 1.29 is 9.53 Å². The Morgan fingerprint density at radius 3 is 3.07 bits per heavy atom. The van der Waals surface area contributed by atoms with E-state index in [1.807, 2.05) is 23.4 Å². The molecular formula is C21H28N4O2. The number of aromatic nitrogens is 2. The molecule has 144 valence electrons. The fourth-order valence-electron chi connectivity index (χ4n) is 4.51. The van der Waals surface area contributed by atoms with Gasteiger partial charge in [-0.25, -0.2) is 4.79 Å². The number of rotatable bonds is 4. The van der Waals surface area contributed by atoms with Crippen molar-refractivity contribution in [1.82, 2.24) is 20.4 Å². The minimum absolute atomic E-state index is 0.0431. The van der Waals surface area contributed by atoms with Crippen LogP contribution in [0.5, 0.6) is 5.75 Å². The number of methoxy groups -OCH3 is 1. The number of likely N-dealkylation sites (tertiary alicyclic amines) is 1. The molecule has 1 saturated heterocycles. The second-order valence-corrected chi connectivity index (χ2v) is 7.58. The van der Waals surface area contributed by atoms with Crippen molar-refractivity contribution in [3.05, 3.63) is 47.3 Å². The van der Waals surface area contributed by atoms with Gasteiger partial charge >= 0.3 is 6.03 Å². The summed E-state index contributed by atoms with van der Waals surface area (Å²) in [5.74, 6) is 1.29. The number of piperidine rings is 1. The molecule has 0 bridgehead atoms. The highest BCUT2D eigenvalue weighted by Gasteiger charge is 2.29. The Kier molecular flexibility index (Phi) is 5.32. The molecule has 0 radical (unpaired) electrons. The van der Waals surface area contributed by atoms with E-state index in [0.29, 0.717) is 12.5 Å². The second-order valence-electron chi connectivity index (χ2n) is 7.58. The van der Waals surface area contributed by atoms with E-state index >= 15 is 0 Å². The monoisotopic (exact) mass is 368 g/mol. The third-order valence-electron chi connectivity index (χ3n) is 5.96. The van der Waals surface area contributed by atoms with Crippen LogP contribution in [0.1, 0.15) is 60.8 Å². The van der Waals surface area contributed by atoms with E-state index in [4.69, 9.17) is 4.74 Å². The van der Waals surface area contributed by atoms with Crippen LogP contribution in [0, 0.1) is 0 Å². The largest absolute Gasteiger partial charge is 0.497 e. The van der Waals surface area contributed by atoms with Crippen molar-refractivity contribution >= 4 is 6.03 Å². The molecule has 4 rings (SSSR count). The van der Waals surface area contributed by atoms with E-state index in [-0.39, 0.29) is 12.1 Å². The Labute approximate surface area is 160 Å². The third kappa shape index (κ3) is 3.80. The van der Waals surface area contributed by atoms with E-state index in [0.717, 1.165) is 56.4 Å². The molecule has 6 nitrogen and oxygen atoms in total. The van der Waals surface area contributed by atoms with Crippen molar-refractivity contribution in [3.8, 4) is 5.75 Å². The summed E-state index contributed by atoms with van der Waals surface area (Å²) in [6.07, 6.45) is 10.3. The Bertz CT molecular complexity index is 774. The highest BCUT2D eigenvalue weighted by atomic mass is 16.5. The quantitative estimate of drug-likeness (QED) is 0.863. The molecule has 0 spiro atoms. The van der Waals surface area contributed by atoms with Gasteiger partial charge in [0.1, 0.15) is 5.75 Å². The SMILES string of the molecule is COc1ccc2c(c1)CCC[C@H]2CNC(=O)N1CCCC[C@@H]1c1cn[nH]c1. The number of nitrogens with zero attached hydrogens (tertiary/aromatic N) is 2. The normalized spacial score (nSPS) is 22.2. The number of amides is 2. The van der Waals surface area contributed by atoms with Gasteiger partial charge in [-0.1, -0.05) is 6.07 Å². The number of aromatic amines is 1. The number of fused-ring (bicyclic) bond motifs is 1. The van der Waals surface area contributed by atoms with E-state index in [1.54, 1.807) is 7.11 Å². The molecule has 0 unspecified atom stereocenters. The predicted molar refractivity (Wildman–Crippen MR) is 104 cm³/mol. The van der Waals surface area contributed by atoms with Crippen LogP contribution in [0.3, 0.4) is 0 Å². The van der Waals surface area contributed by atoms with Crippen molar-refractivity contribution in [2.45, 2.75) is 50.5 Å². The molecule has 1 aromatic heterocycles. The fourth-order valence-corrected chi connectivity index (χ4v) is 4.51. The average molecular weight is 368 g/mol. The molecule has 1 aliphatic heterocycles. The van der Waals surface area contributed by atoms with Crippen LogP contribution >= 0.6 is 0 Å². The van der Waals surface area contributed by atoms with Gasteiger partial charge in [-0.15, -0.1) is 0 Å². The van der Waals surface area contributed by atoms with Crippen LogP contribution < -0.4 is 10.1 Å². The summed E-state index contributed by atoms with van der Waals surface area (Å²) in [6, 6.07) is 6.50. The Morgan fingerprint density at radius 2 is 2.26 bits per heavy atom. The Hall–Kier alpha value is -2.50. The summed E-state index contributed by atoms with van der Waals surface area (Å²) >= 11 is 0. The fraction of sp³-hybridized carbons (Fsp3) is 0.524. The highest BCUT2D eigenvalue weighted by Crippen LogP contribution is 2.34. The van der Waals surface area contributed by atoms with Gasteiger partial charge in [-0.3, -0.25) is 5.10 Å². The number of benzene rings is 1. The minimum Gasteiger partial charge on any atom is -0.497 e. The molecule has 6 heteroatoms. The number of aryl methyl sites for hydroxylation is 1. The average Bonchev–Trinajstić information content (AvgIpc) is 3.26. The number of H-pyrrole nitrogens is 1. The lowest BCUT2D eigenvalue weighted by Crippen LogP contribution is -2.45. The summed E-state index contributed by atoms with van der Waals surface area (Å²) in [4.78, 5) is 14.9. The van der Waals surface area contributed by atoms with Crippen LogP contribution in [-0.4, -0.2) is 41.3 Å². The van der Waals surface area contributed by atoms with Crippen molar-refractivity contribution in [2.24, 2.45) is 0 Å². The van der Waals surface area contributed by atoms with Gasteiger partial charge in [0.05, 0.1) is 19.3 Å². The minimum atomic E-state index is 0.0431. The van der Waals surface area contributed by atoms with Gasteiger partial charge in [0.15, 0.2) is 0 Å². The summed E-state index contributed by atoms with van der Waals surface area (Å²) in [5, 5.41) is 10.1. The van der Waals surface area contributed by atoms with Gasteiger partial charge in [0, 0.05) is 30.8 Å². The zero-order valence-electron chi connectivity index (χ0n) is 15.9. The smallest absolute Gasteiger partial charge is 0.317 e. The second kappa shape index (κ2) is 8.03. The van der Waals surface area contributed by atoms with Crippen LogP contribution in [0.2, 0.25) is 0 Å². The molecule has 1 fully saturated rings. The molecule has 0 saturated carbocycles. The van der Waals surface area contributed by atoms with Gasteiger partial charge < -0.3 is 15.0 Å². The number of hydrogen-bond acceptors (Lipinski definition) is 3. The summed E-state index contributed by atoms with van der Waals surface area (Å²) < 4.78 is 5.36. The first-order valence-electron chi connectivity index (χ1n) is 9.96. The Balaban J connectivity index is 1.42. The predicted octanol–water partition coefficient (Wildman–Crippen LogP) is 3.78. The lowest BCUT2D eigenvalue weighted by Gasteiger charge is -2.36. The number of carbonyl (C=O) groups excluding carboxylic acids is 1. The molecule has 27 heavy (non-hydrogen) atoms. The van der Waals surface area contributed by atoms with E-state index in [2.05, 4.69) is 27.6 Å². The maximum Gasteiger partial charge on any atom is 0.317 e. The third-order valence-corrected chi connectivity index (χ3v) is 5.96. The van der Waals surface area contributed by atoms with Crippen LogP contribution in [-0.2, 0) is 6.42 Å². The summed E-state index contributed by atoms with van der Waals surface area (Å²) in [6.45, 7) is 1.49. The van der Waals surface area contributed by atoms with E-state index in [1.165, 1.54) is 11.1 Å². The van der Waals surface area contributed by atoms with Crippen LogP contribution in [0.4, 0.5) is 4.79 Å². The maximum atomic E-state index is 12.9. The first-order valence-corrected chi connectivity index (χ1v) is 9.96. The molecule has 2 atom stereocenters. The van der Waals surface area contributed by atoms with Gasteiger partial charge in [-0.2, -0.15) is 5.10 Å². The van der Waals surface area contributed by atoms with Crippen molar-refractivity contribution in [1.29, 1.82) is 0 Å². The molecule has 2 heterocycles. The van der Waals surface area contributed by atoms with E-state index in [9.17, 15) is 4.79 Å². The van der Waals surface area contributed by atoms with Crippen LogP contribution in [0.25, 0.3) is 0 Å². The lowest BCUT2D eigenvalue weighted by atomic mass is 9.82. The van der Waals surface area contributed by atoms with Gasteiger partial charge in [0.25, 0.3) is 0 Å². The number of urea groups is 1. The number of hydrogen-bond donors (Lipinski definition) is 2. The molecule has 2 amide bonds. The molecule has 1 aliphatic carbocycles. The number of carbonyl (C=O) groups is 1. The zero-order chi connectivity index (χ0) is 18.6. The van der Waals surface area contributed by atoms with Crippen molar-refractivity contribution in [3.63, 3.8) is 0 Å². The Morgan fingerprint density at radius 1 is 1.33 bits per heavy atom. The maximum absolute atomic E-state index is 12.9. The molecule has 2 aromatic rings. The van der Waals surface area contributed by atoms with Crippen molar-refractivity contribution in [2.75, 3.05) is 20.2 Å². The number of ether oxygens (including phenoxy) is 1. The zero-order valence-corrected chi connectivity index (χ0v) is 15.9. The molecular weight excluding hydrogens is 340 g/mol. The van der Waals surface area contributed by atoms with Gasteiger partial charge in [-0.05, 0) is 61.8 Å². The standard InChI is InChI=1S/C21H28N4O2/c1-27-18-8-9-19-15(11-18)5-4-6-16(19)12-22-21(26)25-10-3-2-7-20(25)17-13-23-24-14-17/h8-9,11,13-14,16,20H,2-7,10,12H2,1H3,(H,22,26)(H,23,24)/t16-,20+/m0/s1.